The van der Waals surface area contributed by atoms with E-state index in [9.17, 15) is 0 Å². The molecule has 0 aromatic carbocycles. The van der Waals surface area contributed by atoms with Crippen molar-refractivity contribution >= 4 is 11.3 Å². The fraction of sp³-hybridized carbons (Fsp3) is 0.667. The number of aryl methyl sites for hydroxylation is 3. The van der Waals surface area contributed by atoms with Crippen molar-refractivity contribution in [3.63, 3.8) is 0 Å². The first-order valence-corrected chi connectivity index (χ1v) is 6.11. The van der Waals surface area contributed by atoms with Gasteiger partial charge in [0.25, 0.3) is 0 Å². The number of thiophene rings is 1. The second-order valence-electron chi connectivity index (χ2n) is 3.75. The van der Waals surface area contributed by atoms with E-state index >= 15 is 0 Å². The Labute approximate surface area is 92.1 Å². The Hall–Kier alpha value is -0.340. The highest BCUT2D eigenvalue weighted by Gasteiger charge is 2.01. The molecule has 1 aromatic heterocycles. The summed E-state index contributed by atoms with van der Waals surface area (Å²) in [5.41, 5.74) is 1.58. The van der Waals surface area contributed by atoms with Crippen LogP contribution in [0.4, 0.5) is 0 Å². The Kier molecular flexibility index (Phi) is 6.85. The van der Waals surface area contributed by atoms with Gasteiger partial charge in [-0.1, -0.05) is 26.2 Å². The summed E-state index contributed by atoms with van der Waals surface area (Å²) in [6.45, 7) is 6.71. The smallest absolute Gasteiger partial charge is 0.00490 e. The molecular formula is C12H23NS. The van der Waals surface area contributed by atoms with Gasteiger partial charge in [-0.05, 0) is 38.3 Å². The molecule has 1 rings (SSSR count). The maximum Gasteiger partial charge on any atom is 0.00490 e. The summed E-state index contributed by atoms with van der Waals surface area (Å²) in [5.74, 6) is 0. The van der Waals surface area contributed by atoms with Crippen molar-refractivity contribution in [3.05, 3.63) is 21.4 Å². The molecule has 0 unspecified atom stereocenters. The molecule has 0 spiro atoms. The first kappa shape index (κ1) is 13.7. The summed E-state index contributed by atoms with van der Waals surface area (Å²) >= 11 is 1.93. The van der Waals surface area contributed by atoms with Crippen LogP contribution >= 0.6 is 11.3 Å². The number of hydrogen-bond donors (Lipinski definition) is 1. The molecule has 2 heteroatoms. The highest BCUT2D eigenvalue weighted by molar-refractivity contribution is 7.12. The molecule has 3 N–H and O–H groups in total. The summed E-state index contributed by atoms with van der Waals surface area (Å²) in [4.78, 5) is 2.98. The van der Waals surface area contributed by atoms with E-state index in [1.54, 1.807) is 5.56 Å². The van der Waals surface area contributed by atoms with Crippen molar-refractivity contribution in [2.75, 3.05) is 0 Å². The lowest BCUT2D eigenvalue weighted by Crippen LogP contribution is -1.84. The van der Waals surface area contributed by atoms with Gasteiger partial charge in [0.05, 0.1) is 0 Å². The van der Waals surface area contributed by atoms with E-state index in [0.29, 0.717) is 0 Å². The van der Waals surface area contributed by atoms with Crippen molar-refractivity contribution < 1.29 is 0 Å². The Morgan fingerprint density at radius 1 is 1.14 bits per heavy atom. The second-order valence-corrected chi connectivity index (χ2v) is 5.21. The van der Waals surface area contributed by atoms with Gasteiger partial charge in [-0.2, -0.15) is 0 Å². The van der Waals surface area contributed by atoms with E-state index in [-0.39, 0.29) is 6.15 Å². The molecule has 0 fully saturated rings. The van der Waals surface area contributed by atoms with Crippen molar-refractivity contribution in [1.82, 2.24) is 6.15 Å². The maximum absolute atomic E-state index is 2.35. The Morgan fingerprint density at radius 2 is 1.86 bits per heavy atom. The zero-order valence-electron chi connectivity index (χ0n) is 9.73. The van der Waals surface area contributed by atoms with Crippen molar-refractivity contribution in [2.45, 2.75) is 52.9 Å². The van der Waals surface area contributed by atoms with Gasteiger partial charge in [0.2, 0.25) is 0 Å². The third-order valence-electron chi connectivity index (χ3n) is 2.44. The lowest BCUT2D eigenvalue weighted by atomic mass is 10.1. The van der Waals surface area contributed by atoms with Gasteiger partial charge in [0.15, 0.2) is 0 Å². The predicted octanol–water partition coefficient (Wildman–Crippen LogP) is 4.65. The summed E-state index contributed by atoms with van der Waals surface area (Å²) in [7, 11) is 0. The van der Waals surface area contributed by atoms with Crippen LogP contribution in [0.25, 0.3) is 0 Å². The molecule has 82 valence electrons. The normalized spacial score (nSPS) is 9.93. The van der Waals surface area contributed by atoms with Gasteiger partial charge in [-0.15, -0.1) is 11.3 Å². The second kappa shape index (κ2) is 7.02. The van der Waals surface area contributed by atoms with Gasteiger partial charge >= 0.3 is 0 Å². The zero-order chi connectivity index (χ0) is 9.68. The van der Waals surface area contributed by atoms with Gasteiger partial charge in [-0.3, -0.25) is 0 Å². The first-order chi connectivity index (χ1) is 6.24. The van der Waals surface area contributed by atoms with Crippen molar-refractivity contribution in [2.24, 2.45) is 0 Å². The van der Waals surface area contributed by atoms with Crippen LogP contribution in [0.15, 0.2) is 6.07 Å². The number of unbranched alkanes of at least 4 members (excludes halogenated alkanes) is 3. The van der Waals surface area contributed by atoms with E-state index in [2.05, 4.69) is 26.8 Å². The monoisotopic (exact) mass is 213 g/mol. The predicted molar refractivity (Wildman–Crippen MR) is 66.7 cm³/mol. The molecule has 0 bridgehead atoms. The molecule has 0 saturated carbocycles. The molecule has 1 heterocycles. The van der Waals surface area contributed by atoms with Crippen LogP contribution < -0.4 is 6.15 Å². The van der Waals surface area contributed by atoms with Crippen LogP contribution in [0.2, 0.25) is 0 Å². The molecular weight excluding hydrogens is 190 g/mol. The molecule has 0 atom stereocenters. The molecule has 0 radical (unpaired) electrons. The molecule has 1 nitrogen and oxygen atoms in total. The third-order valence-corrected chi connectivity index (χ3v) is 3.45. The first-order valence-electron chi connectivity index (χ1n) is 5.30. The molecule has 0 saturated heterocycles. The van der Waals surface area contributed by atoms with E-state index < -0.39 is 0 Å². The average molecular weight is 213 g/mol. The summed E-state index contributed by atoms with van der Waals surface area (Å²) in [6, 6.07) is 2.35. The lowest BCUT2D eigenvalue weighted by molar-refractivity contribution is 0.666. The SMILES string of the molecule is CCCCCCc1cc(C)sc1C.N. The quantitative estimate of drug-likeness (QED) is 0.710. The third kappa shape index (κ3) is 4.25. The van der Waals surface area contributed by atoms with E-state index in [1.165, 1.54) is 41.9 Å². The molecule has 1 aromatic rings. The van der Waals surface area contributed by atoms with E-state index in [1.807, 2.05) is 11.3 Å². The Morgan fingerprint density at radius 3 is 2.36 bits per heavy atom. The number of rotatable bonds is 5. The fourth-order valence-corrected chi connectivity index (χ4v) is 2.65. The minimum Gasteiger partial charge on any atom is -0.344 e. The average Bonchev–Trinajstić information content (AvgIpc) is 2.39. The van der Waals surface area contributed by atoms with Gasteiger partial charge in [-0.25, -0.2) is 0 Å². The van der Waals surface area contributed by atoms with Crippen LogP contribution in [0.3, 0.4) is 0 Å². The Bertz CT molecular complexity index is 253. The highest BCUT2D eigenvalue weighted by atomic mass is 32.1. The van der Waals surface area contributed by atoms with Crippen LogP contribution in [-0.2, 0) is 6.42 Å². The highest BCUT2D eigenvalue weighted by Crippen LogP contribution is 2.22. The van der Waals surface area contributed by atoms with E-state index in [4.69, 9.17) is 0 Å². The minimum atomic E-state index is 0. The standard InChI is InChI=1S/C12H20S.H3N/c1-4-5-6-7-8-12-9-10(2)13-11(12)3;/h9H,4-8H2,1-3H3;1H3. The molecule has 0 aliphatic rings. The largest absolute Gasteiger partial charge is 0.344 e. The minimum absolute atomic E-state index is 0. The van der Waals surface area contributed by atoms with Crippen molar-refractivity contribution in [3.8, 4) is 0 Å². The van der Waals surface area contributed by atoms with Crippen LogP contribution in [0.5, 0.6) is 0 Å². The van der Waals surface area contributed by atoms with Gasteiger partial charge < -0.3 is 6.15 Å². The molecule has 0 aliphatic heterocycles. The molecule has 0 amide bonds. The zero-order valence-corrected chi connectivity index (χ0v) is 10.5. The topological polar surface area (TPSA) is 35.0 Å². The Balaban J connectivity index is 0.00000169. The number of hydrogen-bond acceptors (Lipinski definition) is 2. The van der Waals surface area contributed by atoms with Crippen molar-refractivity contribution in [1.29, 1.82) is 0 Å². The maximum atomic E-state index is 2.35. The summed E-state index contributed by atoms with van der Waals surface area (Å²) < 4.78 is 0. The van der Waals surface area contributed by atoms with Crippen LogP contribution in [-0.4, -0.2) is 0 Å². The van der Waals surface area contributed by atoms with Gasteiger partial charge in [0.1, 0.15) is 0 Å². The van der Waals surface area contributed by atoms with E-state index in [0.717, 1.165) is 0 Å². The summed E-state index contributed by atoms with van der Waals surface area (Å²) in [6.07, 6.45) is 6.77. The molecule has 14 heavy (non-hydrogen) atoms. The molecule has 0 aliphatic carbocycles. The summed E-state index contributed by atoms with van der Waals surface area (Å²) in [5, 5.41) is 0. The lowest BCUT2D eigenvalue weighted by Gasteiger charge is -1.98. The van der Waals surface area contributed by atoms with Crippen LogP contribution in [0, 0.1) is 13.8 Å². The van der Waals surface area contributed by atoms with Gasteiger partial charge in [0, 0.05) is 9.75 Å². The fourth-order valence-electron chi connectivity index (χ4n) is 1.67. The van der Waals surface area contributed by atoms with Crippen LogP contribution in [0.1, 0.15) is 47.9 Å².